The number of alkyl carbamates (subject to hydrolysis) is 1. The Labute approximate surface area is 555 Å². The number of carbonyl (C=O) groups is 2. The molecule has 0 aromatic heterocycles. The number of carboxylic acids is 1. The molecule has 0 aliphatic rings. The first-order chi connectivity index (χ1) is 44.1. The lowest BCUT2D eigenvalue weighted by Gasteiger charge is -2.43. The summed E-state index contributed by atoms with van der Waals surface area (Å²) in [6, 6.07) is 64.1. The summed E-state index contributed by atoms with van der Waals surface area (Å²) in [6.45, 7) is 15.8. The Bertz CT molecular complexity index is 3090. The summed E-state index contributed by atoms with van der Waals surface area (Å²) >= 11 is 4.04. The van der Waals surface area contributed by atoms with E-state index in [0.717, 1.165) is 99.8 Å². The molecule has 7 aromatic carbocycles. The van der Waals surface area contributed by atoms with Crippen LogP contribution >= 0.6 is 15.9 Å². The number of unbranched alkanes of at least 4 members (excludes halogenated alkanes) is 13. The fourth-order valence-electron chi connectivity index (χ4n) is 13.0. The van der Waals surface area contributed by atoms with E-state index in [-0.39, 0.29) is 34.2 Å². The van der Waals surface area contributed by atoms with Gasteiger partial charge in [0.2, 0.25) is 0 Å². The van der Waals surface area contributed by atoms with Gasteiger partial charge in [0.05, 0.1) is 25.4 Å². The number of carbonyl (C=O) groups excluding carboxylic acids is 1. The van der Waals surface area contributed by atoms with Gasteiger partial charge in [-0.25, -0.2) is 9.59 Å². The summed E-state index contributed by atoms with van der Waals surface area (Å²) in [7, 11) is -4.01. The molecule has 0 aliphatic carbocycles. The standard InChI is InChI=1S/C78H104BrNO9Si2/c1-77(2,3)90(67-46-29-20-30-47-67,68-48-31-21-32-49-68)87-59-64(79)43-26-15-14-17-28-45-66(89-73-71-54-38-37-42-63(71)55-56-72(73)74(84-7)75(81)82)44-27-16-12-10-8-9-11-13-18-39-57-85-60-65(80-76(83)86-58-62-40-24-19-25-41-62)61-88-91(78(4,5)6,69-50-33-22-34-51-69)70-52-35-23-36-53-70/h19-25,29-38,40-42,46-56,64-66,74H,8-18,26-28,39,43-45,57-61H2,1-7H3,(H,80,83)(H,81,82)/t64-,65-,66-,74-/m1/s1. The van der Waals surface area contributed by atoms with Crippen LogP contribution in [0.3, 0.4) is 0 Å². The maximum Gasteiger partial charge on any atom is 0.407 e. The summed E-state index contributed by atoms with van der Waals surface area (Å²) in [5.41, 5.74) is 1.48. The van der Waals surface area contributed by atoms with E-state index in [1.54, 1.807) is 0 Å². The highest BCUT2D eigenvalue weighted by Crippen LogP contribution is 2.40. The van der Waals surface area contributed by atoms with E-state index in [0.29, 0.717) is 31.1 Å². The number of nitrogens with one attached hydrogen (secondary N) is 1. The topological polar surface area (TPSA) is 122 Å². The van der Waals surface area contributed by atoms with Crippen LogP contribution in [0.4, 0.5) is 4.79 Å². The van der Waals surface area contributed by atoms with Gasteiger partial charge in [0.25, 0.3) is 16.6 Å². The predicted molar refractivity (Wildman–Crippen MR) is 383 cm³/mol. The second kappa shape index (κ2) is 37.7. The van der Waals surface area contributed by atoms with Gasteiger partial charge >= 0.3 is 12.1 Å². The summed E-state index contributed by atoms with van der Waals surface area (Å²) in [5.74, 6) is -0.404. The number of amides is 1. The molecule has 7 aromatic rings. The summed E-state index contributed by atoms with van der Waals surface area (Å²) in [4.78, 5) is 26.1. The number of benzene rings is 7. The monoisotopic (exact) mass is 1330 g/mol. The van der Waals surface area contributed by atoms with Crippen LogP contribution in [-0.4, -0.2) is 84.3 Å². The molecule has 0 bridgehead atoms. The van der Waals surface area contributed by atoms with Crippen LogP contribution in [0.5, 0.6) is 5.75 Å². The second-order valence-corrected chi connectivity index (χ2v) is 36.5. The van der Waals surface area contributed by atoms with E-state index in [4.69, 9.17) is 27.8 Å². The summed E-state index contributed by atoms with van der Waals surface area (Å²) in [6.07, 6.45) is 18.2. The van der Waals surface area contributed by atoms with Crippen molar-refractivity contribution in [3.05, 3.63) is 199 Å². The molecule has 0 saturated carbocycles. The Morgan fingerprint density at radius 1 is 0.495 bits per heavy atom. The van der Waals surface area contributed by atoms with Gasteiger partial charge in [-0.3, -0.25) is 0 Å². The number of ether oxygens (including phenoxy) is 4. The SMILES string of the molecule is CO[C@@H](C(=O)O)c1ccc2ccccc2c1O[C@H](CCCCCCCCCCCCOC[C@H](CO[Si](c1ccccc1)(c1ccccc1)C(C)(C)C)NC(=O)OCc1ccccc1)CCCCCCC[C@@H](Br)CO[Si](c1ccccc1)(c1ccccc1)C(C)(C)C. The largest absolute Gasteiger partial charge is 0.489 e. The number of fused-ring (bicyclic) bond motifs is 1. The fraction of sp³-hybridized carbons (Fsp3) is 0.462. The summed E-state index contributed by atoms with van der Waals surface area (Å²) < 4.78 is 39.1. The highest BCUT2D eigenvalue weighted by Gasteiger charge is 2.51. The van der Waals surface area contributed by atoms with Crippen LogP contribution in [-0.2, 0) is 34.5 Å². The van der Waals surface area contributed by atoms with Crippen molar-refractivity contribution in [1.29, 1.82) is 0 Å². The Morgan fingerprint density at radius 2 is 0.912 bits per heavy atom. The fourth-order valence-corrected chi connectivity index (χ4v) is 22.9. The molecule has 0 unspecified atom stereocenters. The van der Waals surface area contributed by atoms with Gasteiger partial charge in [-0.2, -0.15) is 0 Å². The van der Waals surface area contributed by atoms with Gasteiger partial charge in [-0.15, -0.1) is 0 Å². The minimum Gasteiger partial charge on any atom is -0.489 e. The average molecular weight is 1340 g/mol. The van der Waals surface area contributed by atoms with Crippen molar-refractivity contribution in [3.8, 4) is 5.75 Å². The third kappa shape index (κ3) is 21.6. The molecule has 0 spiro atoms. The van der Waals surface area contributed by atoms with Crippen molar-refractivity contribution in [2.75, 3.05) is 33.5 Å². The lowest BCUT2D eigenvalue weighted by molar-refractivity contribution is -0.149. The Kier molecular flexibility index (Phi) is 30.0. The average Bonchev–Trinajstić information content (AvgIpc) is 0.785. The molecule has 0 aliphatic heterocycles. The maximum atomic E-state index is 13.3. The first kappa shape index (κ1) is 72.5. The normalized spacial score (nSPS) is 13.5. The third-order valence-electron chi connectivity index (χ3n) is 17.7. The number of carboxylic acid groups (broad SMARTS) is 1. The lowest BCUT2D eigenvalue weighted by Crippen LogP contribution is -2.67. The minimum atomic E-state index is -2.86. The Hall–Kier alpha value is -5.91. The summed E-state index contributed by atoms with van der Waals surface area (Å²) in [5, 5.41) is 20.0. The molecule has 91 heavy (non-hydrogen) atoms. The van der Waals surface area contributed by atoms with E-state index in [9.17, 15) is 14.7 Å². The quantitative estimate of drug-likeness (QED) is 0.0219. The molecule has 0 heterocycles. The number of alkyl halides is 1. The van der Waals surface area contributed by atoms with E-state index in [2.05, 4.69) is 178 Å². The van der Waals surface area contributed by atoms with Crippen molar-refractivity contribution in [2.45, 2.75) is 197 Å². The van der Waals surface area contributed by atoms with Crippen LogP contribution in [0, 0.1) is 0 Å². The smallest absolute Gasteiger partial charge is 0.407 e. The van der Waals surface area contributed by atoms with Gasteiger partial charge in [0.15, 0.2) is 6.10 Å². The number of aliphatic carboxylic acids is 1. The van der Waals surface area contributed by atoms with Gasteiger partial charge in [0.1, 0.15) is 12.4 Å². The van der Waals surface area contributed by atoms with Crippen molar-refractivity contribution >= 4 is 76.1 Å². The predicted octanol–water partition coefficient (Wildman–Crippen LogP) is 17.6. The molecular formula is C78H104BrNO9Si2. The molecule has 490 valence electrons. The minimum absolute atomic E-state index is 0.0452. The molecule has 0 radical (unpaired) electrons. The van der Waals surface area contributed by atoms with Crippen LogP contribution < -0.4 is 30.8 Å². The number of halogens is 1. The Balaban J connectivity index is 0.844. The molecule has 1 amide bonds. The highest BCUT2D eigenvalue weighted by atomic mass is 79.9. The molecule has 0 fully saturated rings. The zero-order valence-corrected chi connectivity index (χ0v) is 59.1. The van der Waals surface area contributed by atoms with Crippen molar-refractivity contribution in [1.82, 2.24) is 5.32 Å². The van der Waals surface area contributed by atoms with E-state index < -0.39 is 40.8 Å². The van der Waals surface area contributed by atoms with Crippen molar-refractivity contribution in [3.63, 3.8) is 0 Å². The van der Waals surface area contributed by atoms with Crippen LogP contribution in [0.1, 0.15) is 174 Å². The van der Waals surface area contributed by atoms with E-state index in [1.165, 1.54) is 60.0 Å². The van der Waals surface area contributed by atoms with Crippen LogP contribution in [0.15, 0.2) is 188 Å². The Morgan fingerprint density at radius 3 is 1.37 bits per heavy atom. The third-order valence-corrected chi connectivity index (χ3v) is 28.4. The first-order valence-electron chi connectivity index (χ1n) is 33.7. The number of methoxy groups -OCH3 is 1. The molecule has 10 nitrogen and oxygen atoms in total. The molecule has 4 atom stereocenters. The van der Waals surface area contributed by atoms with Gasteiger partial charge in [-0.05, 0) is 80.3 Å². The first-order valence-corrected chi connectivity index (χ1v) is 38.4. The molecule has 2 N–H and O–H groups in total. The van der Waals surface area contributed by atoms with Gasteiger partial charge in [-0.1, -0.05) is 323 Å². The van der Waals surface area contributed by atoms with Crippen LogP contribution in [0.25, 0.3) is 10.8 Å². The van der Waals surface area contributed by atoms with E-state index in [1.807, 2.05) is 72.8 Å². The van der Waals surface area contributed by atoms with Gasteiger partial charge < -0.3 is 38.2 Å². The zero-order valence-electron chi connectivity index (χ0n) is 55.6. The number of hydrogen-bond donors (Lipinski definition) is 2. The molecular weight excluding hydrogens is 1230 g/mol. The molecule has 7 rings (SSSR count). The zero-order chi connectivity index (χ0) is 64.8. The lowest BCUT2D eigenvalue weighted by atomic mass is 9.99. The molecule has 13 heteroatoms. The van der Waals surface area contributed by atoms with Crippen molar-refractivity contribution in [2.24, 2.45) is 0 Å². The second-order valence-electron chi connectivity index (χ2n) is 26.6. The molecule has 0 saturated heterocycles. The van der Waals surface area contributed by atoms with Crippen molar-refractivity contribution < 1.29 is 42.5 Å². The number of hydrogen-bond acceptors (Lipinski definition) is 8. The van der Waals surface area contributed by atoms with E-state index >= 15 is 0 Å². The highest BCUT2D eigenvalue weighted by molar-refractivity contribution is 9.09. The van der Waals surface area contributed by atoms with Gasteiger partial charge in [0, 0.05) is 36.1 Å². The van der Waals surface area contributed by atoms with Crippen LogP contribution in [0.2, 0.25) is 10.1 Å². The maximum absolute atomic E-state index is 13.3. The number of rotatable bonds is 41.